The van der Waals surface area contributed by atoms with E-state index in [9.17, 15) is 14.4 Å². The highest BCUT2D eigenvalue weighted by atomic mass is 16.6. The zero-order valence-electron chi connectivity index (χ0n) is 38.8. The van der Waals surface area contributed by atoms with Crippen LogP contribution < -0.4 is 0 Å². The molecule has 0 amide bonds. The zero-order chi connectivity index (χ0) is 43.0. The second-order valence-corrected chi connectivity index (χ2v) is 16.3. The van der Waals surface area contributed by atoms with Gasteiger partial charge in [-0.3, -0.25) is 14.4 Å². The fourth-order valence-corrected chi connectivity index (χ4v) is 6.73. The highest BCUT2D eigenvalue weighted by molar-refractivity contribution is 5.71. The van der Waals surface area contributed by atoms with Crippen LogP contribution in [0.15, 0.2) is 60.8 Å². The molecular formula is C53H92O6. The maximum atomic E-state index is 12.8. The molecule has 0 saturated heterocycles. The molecule has 0 N–H and O–H groups in total. The average Bonchev–Trinajstić information content (AvgIpc) is 3.23. The summed E-state index contributed by atoms with van der Waals surface area (Å²) in [7, 11) is 0. The van der Waals surface area contributed by atoms with Crippen LogP contribution in [0.4, 0.5) is 0 Å². The summed E-state index contributed by atoms with van der Waals surface area (Å²) in [6, 6.07) is 0. The molecule has 6 heteroatoms. The Hall–Kier alpha value is -2.89. The van der Waals surface area contributed by atoms with Crippen molar-refractivity contribution in [1.82, 2.24) is 0 Å². The molecule has 340 valence electrons. The minimum Gasteiger partial charge on any atom is -0.462 e. The van der Waals surface area contributed by atoms with E-state index in [1.807, 2.05) is 0 Å². The molecule has 0 aliphatic carbocycles. The van der Waals surface area contributed by atoms with E-state index in [4.69, 9.17) is 14.2 Å². The minimum absolute atomic E-state index is 0.0904. The molecule has 1 unspecified atom stereocenters. The number of carbonyl (C=O) groups is 3. The zero-order valence-corrected chi connectivity index (χ0v) is 38.8. The van der Waals surface area contributed by atoms with E-state index in [1.54, 1.807) is 0 Å². The molecule has 59 heavy (non-hydrogen) atoms. The first-order valence-electron chi connectivity index (χ1n) is 24.8. The molecule has 0 aromatic heterocycles. The van der Waals surface area contributed by atoms with E-state index < -0.39 is 6.10 Å². The lowest BCUT2D eigenvalue weighted by Gasteiger charge is -2.18. The van der Waals surface area contributed by atoms with Gasteiger partial charge in [-0.25, -0.2) is 0 Å². The first-order chi connectivity index (χ1) is 29.0. The van der Waals surface area contributed by atoms with Crippen LogP contribution in [0.1, 0.15) is 239 Å². The lowest BCUT2D eigenvalue weighted by atomic mass is 10.1. The number of allylic oxidation sites excluding steroid dienone is 10. The molecule has 6 nitrogen and oxygen atoms in total. The molecule has 0 aliphatic heterocycles. The van der Waals surface area contributed by atoms with Crippen molar-refractivity contribution >= 4 is 17.9 Å². The fourth-order valence-electron chi connectivity index (χ4n) is 6.73. The summed E-state index contributed by atoms with van der Waals surface area (Å²) in [6.45, 7) is 6.45. The summed E-state index contributed by atoms with van der Waals surface area (Å²) < 4.78 is 16.7. The molecular weight excluding hydrogens is 733 g/mol. The van der Waals surface area contributed by atoms with Gasteiger partial charge in [-0.2, -0.15) is 0 Å². The van der Waals surface area contributed by atoms with Gasteiger partial charge in [-0.05, 0) is 96.3 Å². The molecule has 0 aromatic carbocycles. The van der Waals surface area contributed by atoms with E-state index in [0.29, 0.717) is 19.3 Å². The number of unbranched alkanes of at least 4 members (excludes halogenated alkanes) is 23. The van der Waals surface area contributed by atoms with Crippen molar-refractivity contribution in [3.63, 3.8) is 0 Å². The number of rotatable bonds is 44. The number of hydrogen-bond donors (Lipinski definition) is 0. The van der Waals surface area contributed by atoms with Gasteiger partial charge in [0, 0.05) is 19.3 Å². The van der Waals surface area contributed by atoms with Gasteiger partial charge in [0.1, 0.15) is 13.2 Å². The van der Waals surface area contributed by atoms with E-state index >= 15 is 0 Å². The van der Waals surface area contributed by atoms with E-state index in [2.05, 4.69) is 81.5 Å². The maximum absolute atomic E-state index is 12.8. The molecule has 0 saturated carbocycles. The average molecular weight is 825 g/mol. The molecule has 0 fully saturated rings. The van der Waals surface area contributed by atoms with Crippen LogP contribution in [-0.4, -0.2) is 37.2 Å². The Bertz CT molecular complexity index is 1090. The van der Waals surface area contributed by atoms with Crippen LogP contribution in [0, 0.1) is 0 Å². The predicted molar refractivity (Wildman–Crippen MR) is 251 cm³/mol. The third-order valence-electron chi connectivity index (χ3n) is 10.5. The smallest absolute Gasteiger partial charge is 0.306 e. The highest BCUT2D eigenvalue weighted by Gasteiger charge is 2.19. The summed E-state index contributed by atoms with van der Waals surface area (Å²) in [6.07, 6.45) is 57.7. The maximum Gasteiger partial charge on any atom is 0.306 e. The molecule has 0 heterocycles. The lowest BCUT2D eigenvalue weighted by Crippen LogP contribution is -2.30. The number of esters is 3. The first kappa shape index (κ1) is 56.1. The van der Waals surface area contributed by atoms with Crippen molar-refractivity contribution in [2.24, 2.45) is 0 Å². The van der Waals surface area contributed by atoms with Gasteiger partial charge >= 0.3 is 17.9 Å². The van der Waals surface area contributed by atoms with Crippen LogP contribution in [0.2, 0.25) is 0 Å². The van der Waals surface area contributed by atoms with Gasteiger partial charge in [0.25, 0.3) is 0 Å². The van der Waals surface area contributed by atoms with Gasteiger partial charge in [-0.1, -0.05) is 184 Å². The Labute approximate surface area is 364 Å². The van der Waals surface area contributed by atoms with Crippen LogP contribution in [-0.2, 0) is 28.6 Å². The van der Waals surface area contributed by atoms with Gasteiger partial charge in [0.2, 0.25) is 0 Å². The van der Waals surface area contributed by atoms with E-state index in [1.165, 1.54) is 96.3 Å². The van der Waals surface area contributed by atoms with Gasteiger partial charge in [0.15, 0.2) is 6.10 Å². The van der Waals surface area contributed by atoms with Crippen LogP contribution in [0.3, 0.4) is 0 Å². The topological polar surface area (TPSA) is 78.9 Å². The third kappa shape index (κ3) is 46.0. The van der Waals surface area contributed by atoms with E-state index in [0.717, 1.165) is 103 Å². The fraction of sp³-hybridized carbons (Fsp3) is 0.755. The number of ether oxygens (including phenoxy) is 3. The standard InChI is InChI=1S/C53H92O6/c1-4-7-10-13-16-19-22-24-26-27-29-31-34-37-40-43-46-52(55)58-49-50(48-57-51(54)45-42-39-36-33-30-21-18-15-12-9-6-3)59-53(56)47-44-41-38-35-32-28-25-23-20-17-14-11-8-5-2/h8,11,15,17-18,20,25-28,50H,4-7,9-10,12-14,16,19,21-24,29-49H2,1-3H3/b11-8-,18-15-,20-17-,27-26-,28-25-. The van der Waals surface area contributed by atoms with Crippen molar-refractivity contribution in [1.29, 1.82) is 0 Å². The monoisotopic (exact) mass is 825 g/mol. The molecule has 0 bridgehead atoms. The highest BCUT2D eigenvalue weighted by Crippen LogP contribution is 2.13. The molecule has 1 atom stereocenters. The lowest BCUT2D eigenvalue weighted by molar-refractivity contribution is -0.167. The van der Waals surface area contributed by atoms with Crippen LogP contribution in [0.5, 0.6) is 0 Å². The molecule has 0 aromatic rings. The first-order valence-corrected chi connectivity index (χ1v) is 24.8. The minimum atomic E-state index is -0.790. The van der Waals surface area contributed by atoms with Crippen molar-refractivity contribution in [3.8, 4) is 0 Å². The Kier molecular flexibility index (Phi) is 45.4. The molecule has 0 spiro atoms. The van der Waals surface area contributed by atoms with Crippen LogP contribution >= 0.6 is 0 Å². The van der Waals surface area contributed by atoms with Gasteiger partial charge < -0.3 is 14.2 Å². The van der Waals surface area contributed by atoms with Crippen molar-refractivity contribution in [3.05, 3.63) is 60.8 Å². The van der Waals surface area contributed by atoms with Crippen molar-refractivity contribution < 1.29 is 28.6 Å². The normalized spacial score (nSPS) is 12.5. The second kappa shape index (κ2) is 47.8. The van der Waals surface area contributed by atoms with Gasteiger partial charge in [0.05, 0.1) is 0 Å². The van der Waals surface area contributed by atoms with Crippen molar-refractivity contribution in [2.75, 3.05) is 13.2 Å². The third-order valence-corrected chi connectivity index (χ3v) is 10.5. The summed E-state index contributed by atoms with van der Waals surface area (Å²) in [5.74, 6) is -0.930. The number of hydrogen-bond acceptors (Lipinski definition) is 6. The SMILES string of the molecule is CC/C=C\C/C=C\C/C=C\CCCCCCC(=O)OC(COC(=O)CCCCCCC/C=C\CCCC)COC(=O)CCCCCCC/C=C\CCCCCCCCC. The Morgan fingerprint density at radius 3 is 1.10 bits per heavy atom. The second-order valence-electron chi connectivity index (χ2n) is 16.3. The predicted octanol–water partition coefficient (Wildman–Crippen LogP) is 16.1. The van der Waals surface area contributed by atoms with Gasteiger partial charge in [-0.15, -0.1) is 0 Å². The Morgan fingerprint density at radius 2 is 0.678 bits per heavy atom. The Morgan fingerprint density at radius 1 is 0.356 bits per heavy atom. The summed E-state index contributed by atoms with van der Waals surface area (Å²) in [4.78, 5) is 37.9. The van der Waals surface area contributed by atoms with Crippen LogP contribution in [0.25, 0.3) is 0 Å². The summed E-state index contributed by atoms with van der Waals surface area (Å²) in [5, 5.41) is 0. The molecule has 0 radical (unpaired) electrons. The summed E-state index contributed by atoms with van der Waals surface area (Å²) >= 11 is 0. The van der Waals surface area contributed by atoms with E-state index in [-0.39, 0.29) is 31.1 Å². The molecule has 0 aliphatic rings. The summed E-state index contributed by atoms with van der Waals surface area (Å²) in [5.41, 5.74) is 0. The number of carbonyl (C=O) groups excluding carboxylic acids is 3. The Balaban J connectivity index is 4.41. The molecule has 0 rings (SSSR count). The quantitative estimate of drug-likeness (QED) is 0.0263. The van der Waals surface area contributed by atoms with Crippen molar-refractivity contribution in [2.45, 2.75) is 245 Å². The largest absolute Gasteiger partial charge is 0.462 e.